The van der Waals surface area contributed by atoms with Gasteiger partial charge in [0.1, 0.15) is 0 Å². The van der Waals surface area contributed by atoms with Crippen molar-refractivity contribution in [2.24, 2.45) is 0 Å². The Morgan fingerprint density at radius 1 is 1.21 bits per heavy atom. The molecule has 0 radical (unpaired) electrons. The zero-order valence-electron chi connectivity index (χ0n) is 16.2. The van der Waals surface area contributed by atoms with Crippen molar-refractivity contribution in [1.82, 2.24) is 5.06 Å². The first-order chi connectivity index (χ1) is 13.4. The summed E-state index contributed by atoms with van der Waals surface area (Å²) < 4.78 is 0. The van der Waals surface area contributed by atoms with Gasteiger partial charge in [-0.3, -0.25) is 9.59 Å². The first kappa shape index (κ1) is 21.7. The van der Waals surface area contributed by atoms with E-state index in [-0.39, 0.29) is 18.1 Å². The zero-order chi connectivity index (χ0) is 20.5. The minimum absolute atomic E-state index is 0.0823. The van der Waals surface area contributed by atoms with Crippen LogP contribution in [0.15, 0.2) is 60.7 Å². The van der Waals surface area contributed by atoms with Gasteiger partial charge in [-0.1, -0.05) is 48.6 Å². The van der Waals surface area contributed by atoms with E-state index in [0.29, 0.717) is 10.6 Å². The molecule has 5 nitrogen and oxygen atoms in total. The maximum Gasteiger partial charge on any atom is 0.363 e. The standard InChI is InChI=1S/C22H25NO4S/c1-4-5-6-7-16(2)14-15-28-17(3)18-8-10-19(11-9-18)22(26)27-23-20(24)12-13-21(23)25/h4-11,17H,1,12-15H2,2-3H3/b6-5-,16-7+. The van der Waals surface area contributed by atoms with Crippen molar-refractivity contribution in [3.8, 4) is 0 Å². The summed E-state index contributed by atoms with van der Waals surface area (Å²) >= 11 is 1.84. The molecular formula is C22H25NO4S. The molecule has 2 amide bonds. The molecule has 0 aromatic heterocycles. The summed E-state index contributed by atoms with van der Waals surface area (Å²) in [6.07, 6.45) is 8.89. The molecular weight excluding hydrogens is 374 g/mol. The van der Waals surface area contributed by atoms with Crippen molar-refractivity contribution in [1.29, 1.82) is 0 Å². The maximum atomic E-state index is 12.1. The van der Waals surface area contributed by atoms with Gasteiger partial charge >= 0.3 is 5.97 Å². The molecule has 0 spiro atoms. The van der Waals surface area contributed by atoms with E-state index in [2.05, 4.69) is 26.5 Å². The van der Waals surface area contributed by atoms with Crippen LogP contribution < -0.4 is 0 Å². The number of rotatable bonds is 9. The maximum absolute atomic E-state index is 12.1. The molecule has 1 aromatic carbocycles. The van der Waals surface area contributed by atoms with E-state index in [9.17, 15) is 14.4 Å². The Morgan fingerprint density at radius 3 is 2.46 bits per heavy atom. The lowest BCUT2D eigenvalue weighted by Gasteiger charge is -2.14. The third kappa shape index (κ3) is 6.23. The van der Waals surface area contributed by atoms with Crippen molar-refractivity contribution in [2.75, 3.05) is 5.75 Å². The van der Waals surface area contributed by atoms with E-state index < -0.39 is 17.8 Å². The van der Waals surface area contributed by atoms with E-state index >= 15 is 0 Å². The lowest BCUT2D eigenvalue weighted by atomic mass is 10.1. The van der Waals surface area contributed by atoms with Crippen LogP contribution in [-0.2, 0) is 14.4 Å². The molecule has 148 valence electrons. The summed E-state index contributed by atoms with van der Waals surface area (Å²) in [7, 11) is 0. The van der Waals surface area contributed by atoms with Crippen LogP contribution >= 0.6 is 11.8 Å². The van der Waals surface area contributed by atoms with Crippen LogP contribution in [0.25, 0.3) is 0 Å². The van der Waals surface area contributed by atoms with Crippen LogP contribution in [0.2, 0.25) is 0 Å². The fraction of sp³-hybridized carbons (Fsp3) is 0.318. The summed E-state index contributed by atoms with van der Waals surface area (Å²) in [5, 5.41) is 0.845. The van der Waals surface area contributed by atoms with Crippen molar-refractivity contribution in [3.63, 3.8) is 0 Å². The predicted octanol–water partition coefficient (Wildman–Crippen LogP) is 4.78. The Hall–Kier alpha value is -2.60. The highest BCUT2D eigenvalue weighted by Crippen LogP contribution is 2.29. The van der Waals surface area contributed by atoms with E-state index in [1.54, 1.807) is 18.2 Å². The second kappa shape index (κ2) is 10.7. The Balaban J connectivity index is 1.85. The normalized spacial score (nSPS) is 15.9. The van der Waals surface area contributed by atoms with Crippen molar-refractivity contribution in [2.45, 2.75) is 38.4 Å². The number of hydrogen-bond acceptors (Lipinski definition) is 5. The zero-order valence-corrected chi connectivity index (χ0v) is 17.0. The molecule has 1 saturated heterocycles. The number of carbonyl (C=O) groups excluding carboxylic acids is 3. The highest BCUT2D eigenvalue weighted by atomic mass is 32.2. The number of allylic oxidation sites excluding steroid dienone is 5. The molecule has 0 aliphatic carbocycles. The lowest BCUT2D eigenvalue weighted by molar-refractivity contribution is -0.172. The number of carbonyl (C=O) groups is 3. The molecule has 6 heteroatoms. The van der Waals surface area contributed by atoms with Gasteiger partial charge in [-0.15, -0.1) is 5.06 Å². The minimum atomic E-state index is -0.705. The lowest BCUT2D eigenvalue weighted by Crippen LogP contribution is -2.32. The molecule has 1 aliphatic heterocycles. The molecule has 1 unspecified atom stereocenters. The average Bonchev–Trinajstić information content (AvgIpc) is 3.00. The largest absolute Gasteiger partial charge is 0.363 e. The number of imide groups is 1. The SMILES string of the molecule is C=C/C=C\C=C(/C)CCSC(C)c1ccc(C(=O)ON2C(=O)CCC2=O)cc1. The fourth-order valence-electron chi connectivity index (χ4n) is 2.56. The fourth-order valence-corrected chi connectivity index (χ4v) is 3.70. The van der Waals surface area contributed by atoms with Crippen LogP contribution in [0, 0.1) is 0 Å². The molecule has 1 fully saturated rings. The van der Waals surface area contributed by atoms with E-state index in [1.807, 2.05) is 36.0 Å². The Kier molecular flexibility index (Phi) is 8.26. The Morgan fingerprint density at radius 2 is 1.86 bits per heavy atom. The second-order valence-electron chi connectivity index (χ2n) is 6.48. The summed E-state index contributed by atoms with van der Waals surface area (Å²) in [6, 6.07) is 7.06. The van der Waals surface area contributed by atoms with Crippen LogP contribution in [0.4, 0.5) is 0 Å². The molecule has 0 saturated carbocycles. The highest BCUT2D eigenvalue weighted by molar-refractivity contribution is 7.99. The van der Waals surface area contributed by atoms with Crippen LogP contribution in [0.1, 0.15) is 54.3 Å². The van der Waals surface area contributed by atoms with E-state index in [0.717, 1.165) is 17.7 Å². The number of hydroxylamine groups is 2. The smallest absolute Gasteiger partial charge is 0.325 e. The van der Waals surface area contributed by atoms with Gasteiger partial charge in [-0.05, 0) is 43.7 Å². The summed E-state index contributed by atoms with van der Waals surface area (Å²) in [5.74, 6) is -0.675. The van der Waals surface area contributed by atoms with Crippen molar-refractivity contribution >= 4 is 29.5 Å². The van der Waals surface area contributed by atoms with Crippen molar-refractivity contribution in [3.05, 3.63) is 71.8 Å². The molecule has 1 heterocycles. The third-order valence-electron chi connectivity index (χ3n) is 4.29. The van der Waals surface area contributed by atoms with Gasteiger partial charge < -0.3 is 4.84 Å². The van der Waals surface area contributed by atoms with Crippen LogP contribution in [0.5, 0.6) is 0 Å². The molecule has 0 bridgehead atoms. The minimum Gasteiger partial charge on any atom is -0.325 e. The van der Waals surface area contributed by atoms with E-state index in [1.165, 1.54) is 5.57 Å². The Bertz CT molecular complexity index is 779. The van der Waals surface area contributed by atoms with Crippen LogP contribution in [0.3, 0.4) is 0 Å². The molecule has 1 atom stereocenters. The molecule has 1 aliphatic rings. The predicted molar refractivity (Wildman–Crippen MR) is 112 cm³/mol. The number of thioether (sulfide) groups is 1. The van der Waals surface area contributed by atoms with E-state index in [4.69, 9.17) is 4.84 Å². The van der Waals surface area contributed by atoms with Gasteiger partial charge in [-0.2, -0.15) is 11.8 Å². The number of hydrogen-bond donors (Lipinski definition) is 0. The molecule has 28 heavy (non-hydrogen) atoms. The van der Waals surface area contributed by atoms with Gasteiger partial charge in [0.05, 0.1) is 5.56 Å². The van der Waals surface area contributed by atoms with Crippen LogP contribution in [-0.4, -0.2) is 28.6 Å². The monoisotopic (exact) mass is 399 g/mol. The number of amides is 2. The first-order valence-corrected chi connectivity index (χ1v) is 10.2. The molecule has 1 aromatic rings. The quantitative estimate of drug-likeness (QED) is 0.442. The summed E-state index contributed by atoms with van der Waals surface area (Å²) in [5.41, 5.74) is 2.71. The van der Waals surface area contributed by atoms with Gasteiger partial charge in [-0.25, -0.2) is 4.79 Å². The first-order valence-electron chi connectivity index (χ1n) is 9.17. The van der Waals surface area contributed by atoms with Gasteiger partial charge in [0.25, 0.3) is 11.8 Å². The average molecular weight is 400 g/mol. The number of nitrogens with zero attached hydrogens (tertiary/aromatic N) is 1. The second-order valence-corrected chi connectivity index (χ2v) is 7.93. The van der Waals surface area contributed by atoms with Gasteiger partial charge in [0, 0.05) is 18.1 Å². The third-order valence-corrected chi connectivity index (χ3v) is 5.50. The highest BCUT2D eigenvalue weighted by Gasteiger charge is 2.33. The molecule has 2 rings (SSSR count). The van der Waals surface area contributed by atoms with Gasteiger partial charge in [0.15, 0.2) is 0 Å². The van der Waals surface area contributed by atoms with Crippen molar-refractivity contribution < 1.29 is 19.2 Å². The topological polar surface area (TPSA) is 63.7 Å². The Labute approximate surface area is 170 Å². The van der Waals surface area contributed by atoms with Gasteiger partial charge in [0.2, 0.25) is 0 Å². The number of benzene rings is 1. The molecule has 0 N–H and O–H groups in total. The summed E-state index contributed by atoms with van der Waals surface area (Å²) in [6.45, 7) is 7.87. The summed E-state index contributed by atoms with van der Waals surface area (Å²) in [4.78, 5) is 40.1.